The van der Waals surface area contributed by atoms with E-state index >= 15 is 0 Å². The van der Waals surface area contributed by atoms with Crippen molar-refractivity contribution in [1.29, 1.82) is 0 Å². The van der Waals surface area contributed by atoms with E-state index in [9.17, 15) is 9.59 Å². The molecule has 48 heavy (non-hydrogen) atoms. The lowest BCUT2D eigenvalue weighted by molar-refractivity contribution is -0.135. The average molecular weight is 673 g/mol. The predicted molar refractivity (Wildman–Crippen MR) is 192 cm³/mol. The zero-order valence-electron chi connectivity index (χ0n) is 32.1. The molecule has 0 unspecified atom stereocenters. The molecule has 4 heterocycles. The van der Waals surface area contributed by atoms with Crippen molar-refractivity contribution < 1.29 is 46.8 Å². The number of amides is 1. The number of fused-ring (bicyclic) bond motifs is 1. The van der Waals surface area contributed by atoms with Gasteiger partial charge in [-0.05, 0) is 51.5 Å². The van der Waals surface area contributed by atoms with E-state index in [1.165, 1.54) is 11.9 Å². The molecular weight excluding hydrogens is 614 g/mol. The minimum atomic E-state index is -0.759. The van der Waals surface area contributed by atoms with Gasteiger partial charge in [-0.15, -0.1) is 0 Å². The quantitative estimate of drug-likeness (QED) is 0.302. The smallest absolute Gasteiger partial charge is 0.523 e. The van der Waals surface area contributed by atoms with Crippen LogP contribution in [0.4, 0.5) is 4.79 Å². The Hall–Kier alpha value is -2.34. The SMILES string of the molecule is CC(C)B1OC(=O)CN(C)C(=O)O1.CC(C)B1OC(C)(C)C(C)(C)O1.CC(C)B1OCC(C)(C)CO1.CC(C)B1Oc2ccccc2O1. The molecular formula is C33H59B4NO10. The second-order valence-electron chi connectivity index (χ2n) is 15.9. The van der Waals surface area contributed by atoms with Crippen molar-refractivity contribution in [1.82, 2.24) is 4.90 Å². The van der Waals surface area contributed by atoms with Gasteiger partial charge in [0.05, 0.1) is 11.2 Å². The van der Waals surface area contributed by atoms with E-state index in [0.717, 1.165) is 24.7 Å². The van der Waals surface area contributed by atoms with Gasteiger partial charge in [0.1, 0.15) is 18.0 Å². The van der Waals surface area contributed by atoms with E-state index in [4.69, 9.17) is 37.2 Å². The largest absolute Gasteiger partial charge is 0.602 e. The molecule has 3 fully saturated rings. The average Bonchev–Trinajstić information content (AvgIpc) is 3.46. The van der Waals surface area contributed by atoms with E-state index in [2.05, 4.69) is 83.1 Å². The number of nitrogens with zero attached hydrogens (tertiary/aromatic N) is 1. The molecule has 0 atom stereocenters. The molecule has 3 saturated heterocycles. The third kappa shape index (κ3) is 12.5. The van der Waals surface area contributed by atoms with Crippen molar-refractivity contribution >= 4 is 40.5 Å². The molecule has 0 radical (unpaired) electrons. The molecule has 11 nitrogen and oxygen atoms in total. The molecule has 0 saturated carbocycles. The molecule has 0 bridgehead atoms. The highest BCUT2D eigenvalue weighted by molar-refractivity contribution is 6.51. The van der Waals surface area contributed by atoms with Crippen LogP contribution < -0.4 is 9.31 Å². The number of hydrogen-bond donors (Lipinski definition) is 0. The molecule has 0 aliphatic carbocycles. The van der Waals surface area contributed by atoms with Crippen LogP contribution in [0.2, 0.25) is 23.3 Å². The molecule has 0 spiro atoms. The summed E-state index contributed by atoms with van der Waals surface area (Å²) in [5.41, 5.74) is -0.157. The zero-order valence-corrected chi connectivity index (χ0v) is 32.1. The molecule has 268 valence electrons. The van der Waals surface area contributed by atoms with E-state index < -0.39 is 19.2 Å². The topological polar surface area (TPSA) is 111 Å². The Morgan fingerprint density at radius 2 is 1.00 bits per heavy atom. The first kappa shape index (κ1) is 41.8. The second kappa shape index (κ2) is 17.5. The molecule has 15 heteroatoms. The lowest BCUT2D eigenvalue weighted by atomic mass is 9.72. The van der Waals surface area contributed by atoms with Gasteiger partial charge in [-0.1, -0.05) is 81.4 Å². The fourth-order valence-electron chi connectivity index (χ4n) is 4.35. The molecule has 5 rings (SSSR count). The highest BCUT2D eigenvalue weighted by Crippen LogP contribution is 2.39. The Morgan fingerprint density at radius 3 is 1.38 bits per heavy atom. The summed E-state index contributed by atoms with van der Waals surface area (Å²) in [7, 11) is 0.595. The standard InChI is InChI=1S/C9H11BO2.C9H19BO2.C8H17BO2.C7H12BNO4/c1-7(2)10-11-8-5-3-4-6-9(8)12-10;1-7(2)10-11-8(3,4)9(5,6)12-10;1-7(2)9-10-5-8(3,4)6-11-9;1-5(2)8-12-6(10)4-9(3)7(11)13-8/h3-7H,1-2H3;7H,1-6H3;7H,5-6H2,1-4H3;5H,4H2,1-3H3. The maximum absolute atomic E-state index is 11.1. The van der Waals surface area contributed by atoms with Gasteiger partial charge in [-0.3, -0.25) is 4.79 Å². The number of likely N-dealkylation sites (N-methyl/N-ethyl adjacent to an activating group) is 1. The van der Waals surface area contributed by atoms with Crippen LogP contribution in [-0.4, -0.2) is 83.4 Å². The van der Waals surface area contributed by atoms with Gasteiger partial charge in [0.25, 0.3) is 0 Å². The highest BCUT2D eigenvalue weighted by atomic mass is 16.7. The molecule has 4 aliphatic rings. The summed E-state index contributed by atoms with van der Waals surface area (Å²) in [5.74, 6) is 2.52. The van der Waals surface area contributed by atoms with Gasteiger partial charge >= 0.3 is 40.5 Å². The van der Waals surface area contributed by atoms with Crippen LogP contribution in [0.15, 0.2) is 24.3 Å². The van der Waals surface area contributed by atoms with Crippen LogP contribution in [0.5, 0.6) is 11.5 Å². The maximum atomic E-state index is 11.1. The summed E-state index contributed by atoms with van der Waals surface area (Å²) in [6, 6.07) is 7.76. The van der Waals surface area contributed by atoms with Crippen molar-refractivity contribution in [3.63, 3.8) is 0 Å². The Kier molecular flexibility index (Phi) is 15.3. The zero-order chi connectivity index (χ0) is 36.6. The summed E-state index contributed by atoms with van der Waals surface area (Å²) in [5, 5.41) is 0. The number of carbonyl (C=O) groups excluding carboxylic acids is 2. The summed E-state index contributed by atoms with van der Waals surface area (Å²) in [6.45, 7) is 30.5. The Morgan fingerprint density at radius 1 is 0.604 bits per heavy atom. The summed E-state index contributed by atoms with van der Waals surface area (Å²) < 4.78 is 43.6. The van der Waals surface area contributed by atoms with Gasteiger partial charge in [0.2, 0.25) is 0 Å². The predicted octanol–water partition coefficient (Wildman–Crippen LogP) is 7.31. The maximum Gasteiger partial charge on any atom is 0.602 e. The van der Waals surface area contributed by atoms with Gasteiger partial charge in [-0.25, -0.2) is 4.79 Å². The van der Waals surface area contributed by atoms with Crippen LogP contribution >= 0.6 is 0 Å². The molecule has 4 aliphatic heterocycles. The summed E-state index contributed by atoms with van der Waals surface area (Å²) in [6.07, 6.45) is -0.524. The first-order valence-corrected chi connectivity index (χ1v) is 17.2. The first-order valence-electron chi connectivity index (χ1n) is 17.2. The Bertz CT molecular complexity index is 1130. The Balaban J connectivity index is 0.000000223. The highest BCUT2D eigenvalue weighted by Gasteiger charge is 2.51. The van der Waals surface area contributed by atoms with Gasteiger partial charge in [0.15, 0.2) is 0 Å². The van der Waals surface area contributed by atoms with E-state index in [-0.39, 0.29) is 50.3 Å². The van der Waals surface area contributed by atoms with Gasteiger partial charge in [0, 0.05) is 37.3 Å². The fourth-order valence-corrected chi connectivity index (χ4v) is 4.35. The monoisotopic (exact) mass is 673 g/mol. The van der Waals surface area contributed by atoms with E-state index in [1.807, 2.05) is 38.1 Å². The number of benzene rings is 1. The summed E-state index contributed by atoms with van der Waals surface area (Å²) >= 11 is 0. The number of hydrogen-bond acceptors (Lipinski definition) is 10. The molecule has 0 N–H and O–H groups in total. The van der Waals surface area contributed by atoms with Crippen LogP contribution in [0.1, 0.15) is 96.9 Å². The minimum absolute atomic E-state index is 0.0167. The van der Waals surface area contributed by atoms with Gasteiger partial charge in [-0.2, -0.15) is 0 Å². The minimum Gasteiger partial charge on any atom is -0.523 e. The van der Waals surface area contributed by atoms with Crippen LogP contribution in [0, 0.1) is 5.41 Å². The van der Waals surface area contributed by atoms with Crippen molar-refractivity contribution in [2.75, 3.05) is 26.8 Å². The second-order valence-corrected chi connectivity index (χ2v) is 15.9. The van der Waals surface area contributed by atoms with Crippen molar-refractivity contribution in [3.05, 3.63) is 24.3 Å². The van der Waals surface area contributed by atoms with Crippen LogP contribution in [-0.2, 0) is 32.7 Å². The molecule has 1 aromatic rings. The summed E-state index contributed by atoms with van der Waals surface area (Å²) in [4.78, 5) is 23.4. The third-order valence-corrected chi connectivity index (χ3v) is 8.20. The van der Waals surface area contributed by atoms with Crippen molar-refractivity contribution in [3.8, 4) is 11.5 Å². The molecule has 1 amide bonds. The van der Waals surface area contributed by atoms with Crippen molar-refractivity contribution in [2.45, 2.75) is 131 Å². The lowest BCUT2D eigenvalue weighted by Gasteiger charge is -2.34. The normalized spacial score (nSPS) is 20.8. The van der Waals surface area contributed by atoms with Crippen molar-refractivity contribution in [2.24, 2.45) is 5.41 Å². The Labute approximate surface area is 291 Å². The lowest BCUT2D eigenvalue weighted by Crippen LogP contribution is -2.41. The fraction of sp³-hybridized carbons (Fsp3) is 0.758. The number of rotatable bonds is 4. The van der Waals surface area contributed by atoms with Gasteiger partial charge < -0.3 is 42.1 Å². The van der Waals surface area contributed by atoms with Crippen LogP contribution in [0.25, 0.3) is 0 Å². The van der Waals surface area contributed by atoms with E-state index in [0.29, 0.717) is 17.5 Å². The third-order valence-electron chi connectivity index (χ3n) is 8.20. The van der Waals surface area contributed by atoms with E-state index in [1.54, 1.807) is 0 Å². The first-order chi connectivity index (χ1) is 22.0. The molecule has 0 aromatic heterocycles. The number of para-hydroxylation sites is 2. The molecule has 1 aromatic carbocycles. The number of carbonyl (C=O) groups is 2. The van der Waals surface area contributed by atoms with Crippen LogP contribution in [0.3, 0.4) is 0 Å².